The number of nitrogens with zero attached hydrogens (tertiary/aromatic N) is 3. The molecule has 0 bridgehead atoms. The molecule has 1 saturated heterocycles. The van der Waals surface area contributed by atoms with Gasteiger partial charge in [-0.25, -0.2) is 0 Å². The van der Waals surface area contributed by atoms with E-state index < -0.39 is 5.92 Å². The van der Waals surface area contributed by atoms with Gasteiger partial charge in [0.15, 0.2) is 0 Å². The summed E-state index contributed by atoms with van der Waals surface area (Å²) >= 11 is 0. The van der Waals surface area contributed by atoms with Crippen molar-refractivity contribution in [2.45, 2.75) is 31.6 Å². The topological polar surface area (TPSA) is 88.3 Å². The first-order chi connectivity index (χ1) is 14.7. The lowest BCUT2D eigenvalue weighted by Gasteiger charge is -2.20. The number of hydrogen-bond donors (Lipinski definition) is 1. The fourth-order valence-corrected chi connectivity index (χ4v) is 3.88. The molecule has 0 radical (unpaired) electrons. The van der Waals surface area contributed by atoms with E-state index >= 15 is 0 Å². The number of carbonyl (C=O) groups excluding carboxylic acids is 2. The molecule has 3 aromatic rings. The lowest BCUT2D eigenvalue weighted by molar-refractivity contribution is -0.122. The van der Waals surface area contributed by atoms with Crippen molar-refractivity contribution in [2.75, 3.05) is 16.8 Å². The Morgan fingerprint density at radius 3 is 2.70 bits per heavy atom. The summed E-state index contributed by atoms with van der Waals surface area (Å²) in [5.41, 5.74) is 2.27. The number of anilines is 2. The minimum atomic E-state index is -0.392. The van der Waals surface area contributed by atoms with Crippen molar-refractivity contribution in [2.24, 2.45) is 5.92 Å². The Morgan fingerprint density at radius 2 is 1.93 bits per heavy atom. The molecule has 7 heteroatoms. The Bertz CT molecular complexity index is 1070. The number of para-hydroxylation sites is 1. The zero-order valence-corrected chi connectivity index (χ0v) is 16.5. The number of hydrogen-bond acceptors (Lipinski definition) is 5. The van der Waals surface area contributed by atoms with Crippen LogP contribution in [0.1, 0.15) is 37.5 Å². The van der Waals surface area contributed by atoms with Crippen molar-refractivity contribution in [1.29, 1.82) is 0 Å². The van der Waals surface area contributed by atoms with Gasteiger partial charge in [0.1, 0.15) is 0 Å². The van der Waals surface area contributed by atoms with Crippen LogP contribution < -0.4 is 10.2 Å². The number of rotatable bonds is 5. The van der Waals surface area contributed by atoms with Crippen LogP contribution >= 0.6 is 0 Å². The molecule has 7 nitrogen and oxygen atoms in total. The van der Waals surface area contributed by atoms with Gasteiger partial charge in [0.2, 0.25) is 23.5 Å². The summed E-state index contributed by atoms with van der Waals surface area (Å²) in [7, 11) is 0. The van der Waals surface area contributed by atoms with E-state index in [0.29, 0.717) is 24.2 Å². The van der Waals surface area contributed by atoms with Gasteiger partial charge < -0.3 is 14.7 Å². The van der Waals surface area contributed by atoms with Crippen LogP contribution in [-0.4, -0.2) is 28.5 Å². The van der Waals surface area contributed by atoms with Crippen LogP contribution in [0.25, 0.3) is 11.4 Å². The summed E-state index contributed by atoms with van der Waals surface area (Å²) in [4.78, 5) is 31.4. The predicted molar refractivity (Wildman–Crippen MR) is 112 cm³/mol. The molecule has 0 spiro atoms. The quantitative estimate of drug-likeness (QED) is 0.697. The van der Waals surface area contributed by atoms with Gasteiger partial charge in [-0.05, 0) is 37.1 Å². The van der Waals surface area contributed by atoms with E-state index in [1.807, 2.05) is 54.6 Å². The van der Waals surface area contributed by atoms with E-state index in [1.54, 1.807) is 4.90 Å². The standard InChI is InChI=1S/C23H22N4O3/c28-20-13-17(22(29)24-18-9-2-1-3-10-18)14-27(20)19-11-5-8-16(12-19)21-25-23(30-26-21)15-6-4-7-15/h1-3,5,8-12,15,17H,4,6-7,13-14H2,(H,24,29). The number of carbonyl (C=O) groups is 2. The molecule has 1 saturated carbocycles. The molecular weight excluding hydrogens is 380 g/mol. The van der Waals surface area contributed by atoms with Crippen molar-refractivity contribution < 1.29 is 14.1 Å². The smallest absolute Gasteiger partial charge is 0.230 e. The number of nitrogens with one attached hydrogen (secondary N) is 1. The highest BCUT2D eigenvalue weighted by Crippen LogP contribution is 2.36. The Kier molecular flexibility index (Phi) is 4.78. The molecule has 1 unspecified atom stereocenters. The molecular formula is C23H22N4O3. The normalized spacial score (nSPS) is 19.0. The van der Waals surface area contributed by atoms with Crippen LogP contribution in [0.4, 0.5) is 11.4 Å². The van der Waals surface area contributed by atoms with Crippen molar-refractivity contribution in [3.8, 4) is 11.4 Å². The summed E-state index contributed by atoms with van der Waals surface area (Å²) in [6.45, 7) is 0.348. The average Bonchev–Trinajstić information content (AvgIpc) is 3.35. The highest BCUT2D eigenvalue weighted by Gasteiger charge is 2.35. The van der Waals surface area contributed by atoms with Crippen LogP contribution in [0.15, 0.2) is 59.1 Å². The molecule has 5 rings (SSSR count). The lowest BCUT2D eigenvalue weighted by atomic mass is 9.85. The first kappa shape index (κ1) is 18.5. The summed E-state index contributed by atoms with van der Waals surface area (Å²) in [6.07, 6.45) is 3.58. The minimum Gasteiger partial charge on any atom is -0.339 e. The minimum absolute atomic E-state index is 0.0661. The maximum Gasteiger partial charge on any atom is 0.230 e. The largest absolute Gasteiger partial charge is 0.339 e. The maximum absolute atomic E-state index is 12.6. The molecule has 1 atom stereocenters. The van der Waals surface area contributed by atoms with Crippen molar-refractivity contribution in [1.82, 2.24) is 10.1 Å². The highest BCUT2D eigenvalue weighted by molar-refractivity contribution is 6.03. The molecule has 2 aromatic carbocycles. The summed E-state index contributed by atoms with van der Waals surface area (Å²) in [5.74, 6) is 0.996. The summed E-state index contributed by atoms with van der Waals surface area (Å²) in [5, 5.41) is 7.00. The second-order valence-electron chi connectivity index (χ2n) is 7.90. The third-order valence-electron chi connectivity index (χ3n) is 5.85. The second kappa shape index (κ2) is 7.74. The highest BCUT2D eigenvalue weighted by atomic mass is 16.5. The Morgan fingerprint density at radius 1 is 1.10 bits per heavy atom. The first-order valence-corrected chi connectivity index (χ1v) is 10.3. The van der Waals surface area contributed by atoms with Gasteiger partial charge in [-0.1, -0.05) is 41.9 Å². The molecule has 2 amide bonds. The zero-order chi connectivity index (χ0) is 20.5. The zero-order valence-electron chi connectivity index (χ0n) is 16.5. The van der Waals surface area contributed by atoms with Crippen LogP contribution in [0.3, 0.4) is 0 Å². The maximum atomic E-state index is 12.6. The SMILES string of the molecule is O=C(Nc1ccccc1)C1CC(=O)N(c2cccc(-c3noc(C4CCC4)n3)c2)C1. The molecule has 2 heterocycles. The summed E-state index contributed by atoms with van der Waals surface area (Å²) in [6, 6.07) is 16.8. The predicted octanol–water partition coefficient (Wildman–Crippen LogP) is 4.00. The van der Waals surface area contributed by atoms with Crippen LogP contribution in [0.2, 0.25) is 0 Å². The Balaban J connectivity index is 1.30. The van der Waals surface area contributed by atoms with Crippen molar-refractivity contribution >= 4 is 23.2 Å². The Labute approximate surface area is 174 Å². The van der Waals surface area contributed by atoms with Gasteiger partial charge in [-0.15, -0.1) is 0 Å². The van der Waals surface area contributed by atoms with Crippen LogP contribution in [0.5, 0.6) is 0 Å². The molecule has 2 fully saturated rings. The second-order valence-corrected chi connectivity index (χ2v) is 7.90. The van der Waals surface area contributed by atoms with Crippen molar-refractivity contribution in [3.63, 3.8) is 0 Å². The lowest BCUT2D eigenvalue weighted by Crippen LogP contribution is -2.28. The van der Waals surface area contributed by atoms with E-state index in [0.717, 1.165) is 29.8 Å². The van der Waals surface area contributed by atoms with E-state index in [2.05, 4.69) is 15.5 Å². The van der Waals surface area contributed by atoms with Gasteiger partial charge >= 0.3 is 0 Å². The number of amides is 2. The van der Waals surface area contributed by atoms with Gasteiger partial charge in [-0.3, -0.25) is 9.59 Å². The monoisotopic (exact) mass is 402 g/mol. The molecule has 1 aliphatic heterocycles. The molecule has 152 valence electrons. The van der Waals surface area contributed by atoms with Crippen molar-refractivity contribution in [3.05, 3.63) is 60.5 Å². The third-order valence-corrected chi connectivity index (χ3v) is 5.85. The molecule has 1 N–H and O–H groups in total. The first-order valence-electron chi connectivity index (χ1n) is 10.3. The molecule has 1 aliphatic carbocycles. The van der Waals surface area contributed by atoms with E-state index in [-0.39, 0.29) is 18.2 Å². The van der Waals surface area contributed by atoms with Gasteiger partial charge in [0, 0.05) is 35.8 Å². The van der Waals surface area contributed by atoms with Gasteiger partial charge in [0.05, 0.1) is 5.92 Å². The van der Waals surface area contributed by atoms with E-state index in [9.17, 15) is 9.59 Å². The number of aromatic nitrogens is 2. The average molecular weight is 402 g/mol. The molecule has 30 heavy (non-hydrogen) atoms. The molecule has 1 aromatic heterocycles. The Hall–Kier alpha value is -3.48. The fourth-order valence-electron chi connectivity index (χ4n) is 3.88. The number of benzene rings is 2. The van der Waals surface area contributed by atoms with Gasteiger partial charge in [-0.2, -0.15) is 4.98 Å². The van der Waals surface area contributed by atoms with E-state index in [4.69, 9.17) is 4.52 Å². The van der Waals surface area contributed by atoms with Crippen LogP contribution in [-0.2, 0) is 9.59 Å². The van der Waals surface area contributed by atoms with E-state index in [1.165, 1.54) is 6.42 Å². The van der Waals surface area contributed by atoms with Crippen LogP contribution in [0, 0.1) is 5.92 Å². The fraction of sp³-hybridized carbons (Fsp3) is 0.304. The van der Waals surface area contributed by atoms with Gasteiger partial charge in [0.25, 0.3) is 0 Å². The summed E-state index contributed by atoms with van der Waals surface area (Å²) < 4.78 is 5.42. The molecule has 2 aliphatic rings. The third kappa shape index (κ3) is 3.58.